The molecule has 5 atom stereocenters. The van der Waals surface area contributed by atoms with E-state index in [0.717, 1.165) is 18.6 Å². The Kier molecular flexibility index (Phi) is 11.7. The van der Waals surface area contributed by atoms with Crippen LogP contribution in [0.4, 0.5) is 32.4 Å². The Labute approximate surface area is 267 Å². The highest BCUT2D eigenvalue weighted by molar-refractivity contribution is 5.88. The first kappa shape index (κ1) is 35.9. The first-order chi connectivity index (χ1) is 22.3. The molecule has 4 rings (SSSR count). The van der Waals surface area contributed by atoms with E-state index < -0.39 is 54.8 Å². The number of halogens is 5. The first-order valence-corrected chi connectivity index (χ1v) is 14.7. The number of amides is 1. The number of anilines is 1. The maximum Gasteiger partial charge on any atom is 0.499 e. The number of ether oxygens (including phenoxy) is 5. The zero-order valence-electron chi connectivity index (χ0n) is 26.2. The van der Waals surface area contributed by atoms with E-state index in [2.05, 4.69) is 20.3 Å². The van der Waals surface area contributed by atoms with Gasteiger partial charge in [-0.05, 0) is 68.8 Å². The molecule has 258 valence electrons. The largest absolute Gasteiger partial charge is 0.499 e. The van der Waals surface area contributed by atoms with Crippen molar-refractivity contribution >= 4 is 11.8 Å². The number of nitrogens with zero attached hydrogens (tertiary/aromatic N) is 4. The van der Waals surface area contributed by atoms with Crippen molar-refractivity contribution in [3.63, 3.8) is 0 Å². The standard InChI is InChI=1S/C30H36F5N5O7/c1-6-16-44-38-23-24(42-4)18(3)45-27(25(23)43-5)46-28(41)39(7-2)20-10-8-19(9-11-20)26-36-17-40(37-26)21-12-14-22(15-13-21)47-30(34,35)29(31,32)33/h8-15,17-18,23-25,27,38H,6-7,16H2,1-5H3/t18-,23+,24-,25+,27-/m0/s1. The summed E-state index contributed by atoms with van der Waals surface area (Å²) in [7, 11) is 3.02. The molecule has 0 saturated carbocycles. The fourth-order valence-electron chi connectivity index (χ4n) is 4.86. The first-order valence-electron chi connectivity index (χ1n) is 14.7. The number of nitrogens with one attached hydrogen (secondary N) is 1. The van der Waals surface area contributed by atoms with Gasteiger partial charge in [0.1, 0.15) is 24.3 Å². The van der Waals surface area contributed by atoms with Gasteiger partial charge in [0, 0.05) is 32.0 Å². The molecule has 2 heterocycles. The average molecular weight is 674 g/mol. The quantitative estimate of drug-likeness (QED) is 0.142. The normalized spacial score (nSPS) is 21.8. The minimum Gasteiger partial charge on any atom is -0.426 e. The molecule has 1 aromatic heterocycles. The number of benzene rings is 2. The number of methoxy groups -OCH3 is 2. The molecule has 1 aliphatic rings. The van der Waals surface area contributed by atoms with E-state index in [1.807, 2.05) is 6.92 Å². The summed E-state index contributed by atoms with van der Waals surface area (Å²) in [5.41, 5.74) is 4.39. The summed E-state index contributed by atoms with van der Waals surface area (Å²) in [6.45, 7) is 6.27. The number of carbonyl (C=O) groups is 1. The van der Waals surface area contributed by atoms with Crippen LogP contribution in [0.5, 0.6) is 5.75 Å². The van der Waals surface area contributed by atoms with E-state index in [4.69, 9.17) is 23.8 Å². The highest BCUT2D eigenvalue weighted by Gasteiger charge is 2.61. The van der Waals surface area contributed by atoms with Crippen LogP contribution in [0.25, 0.3) is 17.1 Å². The van der Waals surface area contributed by atoms with Gasteiger partial charge in [0.05, 0.1) is 24.4 Å². The van der Waals surface area contributed by atoms with Gasteiger partial charge in [-0.3, -0.25) is 4.90 Å². The van der Waals surface area contributed by atoms with Crippen molar-refractivity contribution in [2.75, 3.05) is 32.3 Å². The van der Waals surface area contributed by atoms with E-state index in [1.165, 1.54) is 35.2 Å². The monoisotopic (exact) mass is 673 g/mol. The van der Waals surface area contributed by atoms with Crippen LogP contribution >= 0.6 is 0 Å². The maximum atomic E-state index is 13.3. The smallest absolute Gasteiger partial charge is 0.426 e. The van der Waals surface area contributed by atoms with Crippen molar-refractivity contribution in [2.24, 2.45) is 0 Å². The van der Waals surface area contributed by atoms with Gasteiger partial charge in [-0.2, -0.15) is 27.4 Å². The van der Waals surface area contributed by atoms with Crippen LogP contribution in [0.2, 0.25) is 0 Å². The van der Waals surface area contributed by atoms with Gasteiger partial charge < -0.3 is 28.5 Å². The molecule has 0 unspecified atom stereocenters. The molecule has 1 amide bonds. The third kappa shape index (κ3) is 8.34. The molecule has 0 aliphatic carbocycles. The summed E-state index contributed by atoms with van der Waals surface area (Å²) in [4.78, 5) is 24.5. The van der Waals surface area contributed by atoms with Gasteiger partial charge in [-0.1, -0.05) is 6.92 Å². The number of hydroxylamine groups is 1. The lowest BCUT2D eigenvalue weighted by atomic mass is 9.97. The lowest BCUT2D eigenvalue weighted by Gasteiger charge is -2.44. The molecule has 0 spiro atoms. The van der Waals surface area contributed by atoms with Crippen LogP contribution < -0.4 is 15.1 Å². The predicted molar refractivity (Wildman–Crippen MR) is 157 cm³/mol. The van der Waals surface area contributed by atoms with E-state index in [0.29, 0.717) is 23.5 Å². The molecule has 2 aromatic carbocycles. The molecular formula is C30H36F5N5O7. The summed E-state index contributed by atoms with van der Waals surface area (Å²) in [5, 5.41) is 4.35. The van der Waals surface area contributed by atoms with E-state index >= 15 is 0 Å². The van der Waals surface area contributed by atoms with Gasteiger partial charge in [-0.15, -0.1) is 5.10 Å². The molecule has 12 nitrogen and oxygen atoms in total. The Morgan fingerprint density at radius 3 is 2.23 bits per heavy atom. The predicted octanol–water partition coefficient (Wildman–Crippen LogP) is 5.51. The van der Waals surface area contributed by atoms with Crippen molar-refractivity contribution in [1.82, 2.24) is 20.2 Å². The number of aromatic nitrogens is 3. The van der Waals surface area contributed by atoms with Crippen molar-refractivity contribution in [3.05, 3.63) is 54.9 Å². The molecule has 0 bridgehead atoms. The van der Waals surface area contributed by atoms with Crippen LogP contribution in [0.3, 0.4) is 0 Å². The van der Waals surface area contributed by atoms with E-state index in [-0.39, 0.29) is 12.4 Å². The van der Waals surface area contributed by atoms with Gasteiger partial charge in [-0.25, -0.2) is 14.5 Å². The molecule has 1 N–H and O–H groups in total. The van der Waals surface area contributed by atoms with Gasteiger partial charge in [0.15, 0.2) is 5.82 Å². The molecule has 0 radical (unpaired) electrons. The Morgan fingerprint density at radius 2 is 1.66 bits per heavy atom. The van der Waals surface area contributed by atoms with Gasteiger partial charge >= 0.3 is 18.4 Å². The number of alkyl halides is 5. The van der Waals surface area contributed by atoms with Crippen LogP contribution in [0, 0.1) is 0 Å². The number of carbonyl (C=O) groups excluding carboxylic acids is 1. The Hall–Kier alpha value is -3.90. The van der Waals surface area contributed by atoms with Gasteiger partial charge in [0.25, 0.3) is 0 Å². The lowest BCUT2D eigenvalue weighted by Crippen LogP contribution is -2.64. The molecule has 1 fully saturated rings. The second-order valence-electron chi connectivity index (χ2n) is 10.4. The zero-order chi connectivity index (χ0) is 34.4. The SMILES string of the molecule is CCCON[C@@H]1[C@@H](OC)[C@H](C)O[C@@H](OC(=O)N(CC)c2ccc(-c3ncn(-c4ccc(OC(F)(F)C(F)(F)F)cc4)n3)cc2)[C@@H]1OC. The molecule has 3 aromatic rings. The van der Waals surface area contributed by atoms with Crippen LogP contribution in [0.15, 0.2) is 54.9 Å². The zero-order valence-corrected chi connectivity index (χ0v) is 26.2. The topological polar surface area (TPSA) is 118 Å². The van der Waals surface area contributed by atoms with Crippen molar-refractivity contribution < 1.29 is 55.3 Å². The maximum absolute atomic E-state index is 13.3. The van der Waals surface area contributed by atoms with E-state index in [9.17, 15) is 26.7 Å². The minimum absolute atomic E-state index is 0.265. The summed E-state index contributed by atoms with van der Waals surface area (Å²) in [6, 6.07) is 10.7. The molecule has 1 aliphatic heterocycles. The third-order valence-electron chi connectivity index (χ3n) is 7.22. The highest BCUT2D eigenvalue weighted by Crippen LogP contribution is 2.37. The third-order valence-corrected chi connectivity index (χ3v) is 7.22. The number of rotatable bonds is 13. The number of hydrogen-bond donors (Lipinski definition) is 1. The molecule has 47 heavy (non-hydrogen) atoms. The van der Waals surface area contributed by atoms with Crippen molar-refractivity contribution in [2.45, 2.75) is 70.1 Å². The highest BCUT2D eigenvalue weighted by atomic mass is 19.4. The van der Waals surface area contributed by atoms with Crippen LogP contribution in [-0.4, -0.2) is 91.2 Å². The van der Waals surface area contributed by atoms with Crippen LogP contribution in [-0.2, 0) is 23.8 Å². The Balaban J connectivity index is 1.43. The van der Waals surface area contributed by atoms with Crippen LogP contribution in [0.1, 0.15) is 27.2 Å². The molecule has 1 saturated heterocycles. The van der Waals surface area contributed by atoms with Crippen molar-refractivity contribution in [1.29, 1.82) is 0 Å². The van der Waals surface area contributed by atoms with Gasteiger partial charge in [0.2, 0.25) is 6.29 Å². The number of hydrogen-bond acceptors (Lipinski definition) is 10. The van der Waals surface area contributed by atoms with E-state index in [1.54, 1.807) is 45.2 Å². The summed E-state index contributed by atoms with van der Waals surface area (Å²) >= 11 is 0. The Morgan fingerprint density at radius 1 is 1.00 bits per heavy atom. The average Bonchev–Trinajstić information content (AvgIpc) is 3.52. The fourth-order valence-corrected chi connectivity index (χ4v) is 4.86. The summed E-state index contributed by atoms with van der Waals surface area (Å²) in [6.07, 6.45) is -12.5. The Bertz CT molecular complexity index is 1440. The summed E-state index contributed by atoms with van der Waals surface area (Å²) in [5.74, 6) is -0.389. The second kappa shape index (κ2) is 15.3. The lowest BCUT2D eigenvalue weighted by molar-refractivity contribution is -0.360. The van der Waals surface area contributed by atoms with Crippen molar-refractivity contribution in [3.8, 4) is 22.8 Å². The molecule has 17 heteroatoms. The fraction of sp³-hybridized carbons (Fsp3) is 0.500. The summed E-state index contributed by atoms with van der Waals surface area (Å²) < 4.78 is 91.8. The minimum atomic E-state index is -5.86. The second-order valence-corrected chi connectivity index (χ2v) is 10.4. The molecular weight excluding hydrogens is 637 g/mol.